The van der Waals surface area contributed by atoms with Gasteiger partial charge in [-0.05, 0) is 6.07 Å². The lowest BCUT2D eigenvalue weighted by Crippen LogP contribution is -2.10. The summed E-state index contributed by atoms with van der Waals surface area (Å²) in [4.78, 5) is 29.7. The normalized spacial score (nSPS) is 10.1. The summed E-state index contributed by atoms with van der Waals surface area (Å²) < 4.78 is 4.53. The Balaban J connectivity index is 2.26. The van der Waals surface area contributed by atoms with Crippen LogP contribution in [-0.4, -0.2) is 28.0 Å². The average Bonchev–Trinajstić information content (AvgIpc) is 2.97. The van der Waals surface area contributed by atoms with Crippen molar-refractivity contribution in [3.8, 4) is 0 Å². The maximum Gasteiger partial charge on any atom is 0.356 e. The molecule has 0 saturated heterocycles. The topological polar surface area (TPSA) is 107 Å². The van der Waals surface area contributed by atoms with E-state index in [1.807, 2.05) is 5.38 Å². The third kappa shape index (κ3) is 3.06. The minimum atomic E-state index is -0.656. The fourth-order valence-electron chi connectivity index (χ4n) is 1.45. The van der Waals surface area contributed by atoms with Gasteiger partial charge in [-0.25, -0.2) is 14.8 Å². The first kappa shape index (κ1) is 13.9. The van der Waals surface area contributed by atoms with Crippen molar-refractivity contribution in [1.82, 2.24) is 9.97 Å². The number of aromatic nitrogens is 2. The predicted molar refractivity (Wildman–Crippen MR) is 71.7 cm³/mol. The van der Waals surface area contributed by atoms with Crippen LogP contribution in [0.4, 0.5) is 11.5 Å². The van der Waals surface area contributed by atoms with Gasteiger partial charge in [0.1, 0.15) is 0 Å². The van der Waals surface area contributed by atoms with Crippen molar-refractivity contribution in [1.29, 1.82) is 0 Å². The van der Waals surface area contributed by atoms with Crippen molar-refractivity contribution in [3.05, 3.63) is 44.5 Å². The molecule has 8 nitrogen and oxygen atoms in total. The number of rotatable bonds is 5. The molecule has 0 aliphatic rings. The number of methoxy groups -OCH3 is 1. The fraction of sp³-hybridized carbons (Fsp3) is 0.182. The van der Waals surface area contributed by atoms with Gasteiger partial charge < -0.3 is 10.1 Å². The zero-order valence-electron chi connectivity index (χ0n) is 10.4. The molecule has 2 rings (SSSR count). The highest BCUT2D eigenvalue weighted by Crippen LogP contribution is 2.23. The van der Waals surface area contributed by atoms with Gasteiger partial charge >= 0.3 is 11.7 Å². The van der Waals surface area contributed by atoms with Crippen molar-refractivity contribution in [3.63, 3.8) is 0 Å². The van der Waals surface area contributed by atoms with Crippen molar-refractivity contribution in [2.45, 2.75) is 6.54 Å². The molecule has 0 unspecified atom stereocenters. The molecule has 104 valence electrons. The maximum atomic E-state index is 11.4. The summed E-state index contributed by atoms with van der Waals surface area (Å²) in [6.45, 7) is 0.280. The summed E-state index contributed by atoms with van der Waals surface area (Å²) in [6, 6.07) is 2.46. The lowest BCUT2D eigenvalue weighted by Gasteiger charge is -2.06. The zero-order chi connectivity index (χ0) is 14.5. The van der Waals surface area contributed by atoms with Crippen molar-refractivity contribution >= 4 is 28.8 Å². The quantitative estimate of drug-likeness (QED) is 0.509. The van der Waals surface area contributed by atoms with Crippen LogP contribution >= 0.6 is 11.3 Å². The van der Waals surface area contributed by atoms with E-state index in [4.69, 9.17) is 0 Å². The highest BCUT2D eigenvalue weighted by atomic mass is 32.1. The monoisotopic (exact) mass is 294 g/mol. The molecule has 0 atom stereocenters. The second-order valence-electron chi connectivity index (χ2n) is 3.65. The summed E-state index contributed by atoms with van der Waals surface area (Å²) >= 11 is 1.42. The van der Waals surface area contributed by atoms with Crippen LogP contribution in [0.1, 0.15) is 16.2 Å². The van der Waals surface area contributed by atoms with E-state index in [0.717, 1.165) is 5.69 Å². The largest absolute Gasteiger partial charge is 0.464 e. The number of nitro groups is 1. The van der Waals surface area contributed by atoms with Gasteiger partial charge in [-0.2, -0.15) is 0 Å². The number of hydrogen-bond donors (Lipinski definition) is 1. The van der Waals surface area contributed by atoms with Gasteiger partial charge in [-0.3, -0.25) is 10.1 Å². The van der Waals surface area contributed by atoms with Crippen LogP contribution in [0.2, 0.25) is 0 Å². The maximum absolute atomic E-state index is 11.4. The van der Waals surface area contributed by atoms with Crippen molar-refractivity contribution in [2.24, 2.45) is 0 Å². The average molecular weight is 294 g/mol. The summed E-state index contributed by atoms with van der Waals surface area (Å²) in [7, 11) is 1.22. The Kier molecular flexibility index (Phi) is 4.20. The Labute approximate surface area is 117 Å². The Morgan fingerprint density at radius 2 is 2.35 bits per heavy atom. The lowest BCUT2D eigenvalue weighted by atomic mass is 10.3. The fourth-order valence-corrected chi connectivity index (χ4v) is 2.00. The van der Waals surface area contributed by atoms with E-state index in [0.29, 0.717) is 0 Å². The first-order valence-electron chi connectivity index (χ1n) is 5.46. The number of thiazole rings is 1. The van der Waals surface area contributed by atoms with Crippen LogP contribution in [0.15, 0.2) is 23.0 Å². The van der Waals surface area contributed by atoms with E-state index < -0.39 is 10.9 Å². The van der Waals surface area contributed by atoms with Crippen LogP contribution in [0.25, 0.3) is 0 Å². The molecule has 0 aliphatic carbocycles. The van der Waals surface area contributed by atoms with Gasteiger partial charge in [0, 0.05) is 11.4 Å². The van der Waals surface area contributed by atoms with Crippen LogP contribution < -0.4 is 5.32 Å². The van der Waals surface area contributed by atoms with Gasteiger partial charge in [0.25, 0.3) is 0 Å². The molecule has 0 aliphatic heterocycles. The Hall–Kier alpha value is -2.55. The number of nitrogens with zero attached hydrogens (tertiary/aromatic N) is 3. The SMILES string of the molecule is COC(=O)c1ccc([N+](=O)[O-])c(NCc2cscn2)n1. The summed E-state index contributed by atoms with van der Waals surface area (Å²) in [6.07, 6.45) is 0. The summed E-state index contributed by atoms with van der Waals surface area (Å²) in [5, 5.41) is 15.5. The molecule has 0 bridgehead atoms. The molecule has 1 N–H and O–H groups in total. The molecular formula is C11H10N4O4S. The van der Waals surface area contributed by atoms with E-state index in [-0.39, 0.29) is 23.7 Å². The van der Waals surface area contributed by atoms with Crippen LogP contribution in [0, 0.1) is 10.1 Å². The Morgan fingerprint density at radius 3 is 2.95 bits per heavy atom. The number of hydrogen-bond acceptors (Lipinski definition) is 8. The number of carbonyl (C=O) groups is 1. The minimum absolute atomic E-state index is 0.00104. The summed E-state index contributed by atoms with van der Waals surface area (Å²) in [5.74, 6) is -0.650. The lowest BCUT2D eigenvalue weighted by molar-refractivity contribution is -0.384. The second-order valence-corrected chi connectivity index (χ2v) is 4.36. The molecular weight excluding hydrogens is 284 g/mol. The highest BCUT2D eigenvalue weighted by Gasteiger charge is 2.19. The number of nitrogens with one attached hydrogen (secondary N) is 1. The van der Waals surface area contributed by atoms with E-state index >= 15 is 0 Å². The molecule has 0 saturated carbocycles. The first-order valence-corrected chi connectivity index (χ1v) is 6.40. The number of esters is 1. The molecule has 2 aromatic rings. The summed E-state index contributed by atoms with van der Waals surface area (Å²) in [5.41, 5.74) is 2.17. The third-order valence-electron chi connectivity index (χ3n) is 2.39. The minimum Gasteiger partial charge on any atom is -0.464 e. The van der Waals surface area contributed by atoms with Crippen LogP contribution in [0.3, 0.4) is 0 Å². The van der Waals surface area contributed by atoms with E-state index in [9.17, 15) is 14.9 Å². The smallest absolute Gasteiger partial charge is 0.356 e. The molecule has 20 heavy (non-hydrogen) atoms. The molecule has 2 aromatic heterocycles. The van der Waals surface area contributed by atoms with Crippen molar-refractivity contribution < 1.29 is 14.5 Å². The Bertz CT molecular complexity index is 629. The predicted octanol–water partition coefficient (Wildman–Crippen LogP) is 1.84. The molecule has 0 fully saturated rings. The third-order valence-corrected chi connectivity index (χ3v) is 3.02. The first-order chi connectivity index (χ1) is 9.61. The molecule has 0 radical (unpaired) electrons. The zero-order valence-corrected chi connectivity index (χ0v) is 11.2. The van der Waals surface area contributed by atoms with Crippen LogP contribution in [0.5, 0.6) is 0 Å². The van der Waals surface area contributed by atoms with Gasteiger partial charge in [0.2, 0.25) is 5.82 Å². The second kappa shape index (κ2) is 6.06. The van der Waals surface area contributed by atoms with E-state index in [2.05, 4.69) is 20.0 Å². The van der Waals surface area contributed by atoms with Gasteiger partial charge in [-0.15, -0.1) is 11.3 Å². The van der Waals surface area contributed by atoms with Gasteiger partial charge in [-0.1, -0.05) is 0 Å². The van der Waals surface area contributed by atoms with Gasteiger partial charge in [0.15, 0.2) is 5.69 Å². The standard InChI is InChI=1S/C11H10N4O4S/c1-19-11(16)8-2-3-9(15(17)18)10(14-8)12-4-7-5-20-6-13-7/h2-3,5-6H,4H2,1H3,(H,12,14). The highest BCUT2D eigenvalue weighted by molar-refractivity contribution is 7.07. The van der Waals surface area contributed by atoms with E-state index in [1.165, 1.54) is 30.6 Å². The van der Waals surface area contributed by atoms with E-state index in [1.54, 1.807) is 5.51 Å². The molecule has 2 heterocycles. The number of anilines is 1. The van der Waals surface area contributed by atoms with Gasteiger partial charge in [0.05, 0.1) is 29.8 Å². The molecule has 9 heteroatoms. The molecule has 0 spiro atoms. The number of ether oxygens (including phenoxy) is 1. The molecule has 0 amide bonds. The Morgan fingerprint density at radius 1 is 1.55 bits per heavy atom. The number of carbonyl (C=O) groups excluding carboxylic acids is 1. The number of pyridine rings is 1. The van der Waals surface area contributed by atoms with Crippen molar-refractivity contribution in [2.75, 3.05) is 12.4 Å². The van der Waals surface area contributed by atoms with Crippen LogP contribution in [-0.2, 0) is 11.3 Å². The molecule has 0 aromatic carbocycles.